The van der Waals surface area contributed by atoms with Crippen LogP contribution in [0.5, 0.6) is 0 Å². The standard InChI is InChI=1S/C14H23ClN2O/c1-3-13(4-2)17(7-8-18)14-6-5-12(15)9-11(14)10-16/h5-6,9,13,18H,3-4,7-8,10,16H2,1-2H3. The summed E-state index contributed by atoms with van der Waals surface area (Å²) in [6.45, 7) is 5.55. The lowest BCUT2D eigenvalue weighted by molar-refractivity contribution is 0.296. The summed E-state index contributed by atoms with van der Waals surface area (Å²) in [5.74, 6) is 0. The lowest BCUT2D eigenvalue weighted by Crippen LogP contribution is -2.37. The van der Waals surface area contributed by atoms with Crippen LogP contribution in [0, 0.1) is 0 Å². The number of nitrogens with two attached hydrogens (primary N) is 1. The van der Waals surface area contributed by atoms with E-state index < -0.39 is 0 Å². The number of rotatable bonds is 7. The number of benzene rings is 1. The molecule has 0 aliphatic rings. The first-order valence-corrected chi connectivity index (χ1v) is 6.91. The Kier molecular flexibility index (Phi) is 6.47. The molecule has 4 heteroatoms. The van der Waals surface area contributed by atoms with Crippen LogP contribution < -0.4 is 10.6 Å². The molecule has 18 heavy (non-hydrogen) atoms. The minimum atomic E-state index is 0.142. The molecule has 1 aromatic carbocycles. The van der Waals surface area contributed by atoms with Crippen LogP contribution in [0.3, 0.4) is 0 Å². The zero-order chi connectivity index (χ0) is 13.5. The van der Waals surface area contributed by atoms with Gasteiger partial charge in [-0.1, -0.05) is 25.4 Å². The Morgan fingerprint density at radius 3 is 2.50 bits per heavy atom. The first-order valence-electron chi connectivity index (χ1n) is 6.53. The fourth-order valence-electron chi connectivity index (χ4n) is 2.33. The molecule has 3 nitrogen and oxygen atoms in total. The van der Waals surface area contributed by atoms with Gasteiger partial charge in [-0.25, -0.2) is 0 Å². The normalized spacial score (nSPS) is 11.0. The average Bonchev–Trinajstić information content (AvgIpc) is 2.39. The van der Waals surface area contributed by atoms with Gasteiger partial charge in [-0.15, -0.1) is 0 Å². The van der Waals surface area contributed by atoms with Crippen molar-refractivity contribution in [1.82, 2.24) is 0 Å². The second-order valence-corrected chi connectivity index (χ2v) is 4.80. The lowest BCUT2D eigenvalue weighted by Gasteiger charge is -2.33. The number of hydrogen-bond donors (Lipinski definition) is 2. The van der Waals surface area contributed by atoms with Gasteiger partial charge < -0.3 is 15.7 Å². The largest absolute Gasteiger partial charge is 0.395 e. The van der Waals surface area contributed by atoms with Crippen LogP contribution in [0.25, 0.3) is 0 Å². The van der Waals surface area contributed by atoms with E-state index in [2.05, 4.69) is 18.7 Å². The van der Waals surface area contributed by atoms with Gasteiger partial charge in [0.05, 0.1) is 6.61 Å². The summed E-state index contributed by atoms with van der Waals surface area (Å²) < 4.78 is 0. The van der Waals surface area contributed by atoms with Crippen LogP contribution in [0.1, 0.15) is 32.3 Å². The van der Waals surface area contributed by atoms with Crippen molar-refractivity contribution in [2.24, 2.45) is 5.73 Å². The first-order chi connectivity index (χ1) is 8.67. The van der Waals surface area contributed by atoms with Gasteiger partial charge in [-0.3, -0.25) is 0 Å². The molecule has 102 valence electrons. The minimum absolute atomic E-state index is 0.142. The van der Waals surface area contributed by atoms with Crippen molar-refractivity contribution in [1.29, 1.82) is 0 Å². The van der Waals surface area contributed by atoms with Crippen molar-refractivity contribution in [3.05, 3.63) is 28.8 Å². The minimum Gasteiger partial charge on any atom is -0.395 e. The van der Waals surface area contributed by atoms with Gasteiger partial charge in [0.15, 0.2) is 0 Å². The van der Waals surface area contributed by atoms with Gasteiger partial charge >= 0.3 is 0 Å². The topological polar surface area (TPSA) is 49.5 Å². The van der Waals surface area contributed by atoms with E-state index in [0.29, 0.717) is 24.2 Å². The molecule has 0 heterocycles. The van der Waals surface area contributed by atoms with E-state index in [4.69, 9.17) is 17.3 Å². The van der Waals surface area contributed by atoms with Crippen molar-refractivity contribution in [2.75, 3.05) is 18.1 Å². The van der Waals surface area contributed by atoms with E-state index in [1.54, 1.807) is 0 Å². The second kappa shape index (κ2) is 7.62. The van der Waals surface area contributed by atoms with Crippen LogP contribution in [0.4, 0.5) is 5.69 Å². The second-order valence-electron chi connectivity index (χ2n) is 4.36. The van der Waals surface area contributed by atoms with Crippen molar-refractivity contribution < 1.29 is 5.11 Å². The van der Waals surface area contributed by atoms with E-state index in [9.17, 15) is 5.11 Å². The van der Waals surface area contributed by atoms with Gasteiger partial charge in [0.2, 0.25) is 0 Å². The Bertz CT molecular complexity index is 367. The fraction of sp³-hybridized carbons (Fsp3) is 0.571. The number of aliphatic hydroxyl groups is 1. The predicted molar refractivity (Wildman–Crippen MR) is 78.1 cm³/mol. The van der Waals surface area contributed by atoms with E-state index in [0.717, 1.165) is 24.1 Å². The van der Waals surface area contributed by atoms with Crippen molar-refractivity contribution in [2.45, 2.75) is 39.3 Å². The number of halogens is 1. The summed E-state index contributed by atoms with van der Waals surface area (Å²) in [7, 11) is 0. The highest BCUT2D eigenvalue weighted by atomic mass is 35.5. The predicted octanol–water partition coefficient (Wildman–Crippen LogP) is 2.79. The van der Waals surface area contributed by atoms with E-state index in [1.165, 1.54) is 0 Å². The van der Waals surface area contributed by atoms with Crippen molar-refractivity contribution in [3.8, 4) is 0 Å². The molecule has 0 fully saturated rings. The molecule has 0 saturated carbocycles. The number of aliphatic hydroxyl groups excluding tert-OH is 1. The van der Waals surface area contributed by atoms with Gasteiger partial charge in [0, 0.05) is 29.8 Å². The van der Waals surface area contributed by atoms with Crippen LogP contribution in [-0.2, 0) is 6.54 Å². The summed E-state index contributed by atoms with van der Waals surface area (Å²) in [6, 6.07) is 6.20. The first kappa shape index (κ1) is 15.3. The smallest absolute Gasteiger partial charge is 0.0606 e. The maximum atomic E-state index is 9.26. The van der Waals surface area contributed by atoms with Crippen LogP contribution >= 0.6 is 11.6 Å². The monoisotopic (exact) mass is 270 g/mol. The fourth-order valence-corrected chi connectivity index (χ4v) is 2.53. The summed E-state index contributed by atoms with van der Waals surface area (Å²) in [5.41, 5.74) is 7.91. The molecule has 0 radical (unpaired) electrons. The van der Waals surface area contributed by atoms with Crippen molar-refractivity contribution >= 4 is 17.3 Å². The molecule has 1 aromatic rings. The van der Waals surface area contributed by atoms with Gasteiger partial charge in [-0.05, 0) is 36.6 Å². The molecule has 1 rings (SSSR count). The highest BCUT2D eigenvalue weighted by molar-refractivity contribution is 6.30. The molecular formula is C14H23ClN2O. The van der Waals surface area contributed by atoms with E-state index in [1.807, 2.05) is 18.2 Å². The molecular weight excluding hydrogens is 248 g/mol. The maximum absolute atomic E-state index is 9.26. The average molecular weight is 271 g/mol. The van der Waals surface area contributed by atoms with E-state index in [-0.39, 0.29) is 6.61 Å². The Morgan fingerprint density at radius 1 is 1.33 bits per heavy atom. The number of hydrogen-bond acceptors (Lipinski definition) is 3. The SMILES string of the molecule is CCC(CC)N(CCO)c1ccc(Cl)cc1CN. The Hall–Kier alpha value is -0.770. The summed E-state index contributed by atoms with van der Waals surface area (Å²) in [5, 5.41) is 9.96. The molecule has 3 N–H and O–H groups in total. The Balaban J connectivity index is 3.11. The zero-order valence-corrected chi connectivity index (χ0v) is 12.0. The summed E-state index contributed by atoms with van der Waals surface area (Å²) >= 11 is 6.00. The van der Waals surface area contributed by atoms with Gasteiger partial charge in [0.1, 0.15) is 0 Å². The highest BCUT2D eigenvalue weighted by Crippen LogP contribution is 2.27. The molecule has 0 amide bonds. The number of nitrogens with zero attached hydrogens (tertiary/aromatic N) is 1. The van der Waals surface area contributed by atoms with Crippen LogP contribution in [0.15, 0.2) is 18.2 Å². The highest BCUT2D eigenvalue weighted by Gasteiger charge is 2.17. The third kappa shape index (κ3) is 3.61. The quantitative estimate of drug-likeness (QED) is 0.801. The molecule has 0 atom stereocenters. The summed E-state index contributed by atoms with van der Waals surface area (Å²) in [6.07, 6.45) is 2.09. The van der Waals surface area contributed by atoms with Crippen LogP contribution in [0.2, 0.25) is 5.02 Å². The van der Waals surface area contributed by atoms with Gasteiger partial charge in [-0.2, -0.15) is 0 Å². The third-order valence-corrected chi connectivity index (χ3v) is 3.53. The molecule has 0 aromatic heterocycles. The molecule has 0 unspecified atom stereocenters. The summed E-state index contributed by atoms with van der Waals surface area (Å²) in [4.78, 5) is 2.23. The Morgan fingerprint density at radius 2 is 2.00 bits per heavy atom. The molecule has 0 bridgehead atoms. The van der Waals surface area contributed by atoms with Crippen LogP contribution in [-0.4, -0.2) is 24.3 Å². The van der Waals surface area contributed by atoms with Gasteiger partial charge in [0.25, 0.3) is 0 Å². The Labute approximate surface area is 115 Å². The molecule has 0 aliphatic heterocycles. The zero-order valence-electron chi connectivity index (χ0n) is 11.2. The lowest BCUT2D eigenvalue weighted by atomic mass is 10.1. The molecule has 0 aliphatic carbocycles. The molecule has 0 saturated heterocycles. The van der Waals surface area contributed by atoms with Crippen molar-refractivity contribution in [3.63, 3.8) is 0 Å². The third-order valence-electron chi connectivity index (χ3n) is 3.30. The van der Waals surface area contributed by atoms with E-state index >= 15 is 0 Å². The molecule has 0 spiro atoms. The maximum Gasteiger partial charge on any atom is 0.0606 e. The number of anilines is 1.